The zero-order valence-electron chi connectivity index (χ0n) is 36.0. The summed E-state index contributed by atoms with van der Waals surface area (Å²) >= 11 is 0. The second kappa shape index (κ2) is 41.8. The summed E-state index contributed by atoms with van der Waals surface area (Å²) in [5.74, 6) is 2.71. The molecule has 2 rings (SSSR count). The molecule has 286 valence electrons. The Morgan fingerprint density at radius 1 is 0.796 bits per heavy atom. The van der Waals surface area contributed by atoms with Crippen LogP contribution in [0.5, 0.6) is 0 Å². The Hall–Kier alpha value is -2.35. The van der Waals surface area contributed by atoms with Gasteiger partial charge in [-0.25, -0.2) is 4.98 Å². The summed E-state index contributed by atoms with van der Waals surface area (Å²) < 4.78 is 1.91. The van der Waals surface area contributed by atoms with Crippen LogP contribution in [0, 0.1) is 24.7 Å². The van der Waals surface area contributed by atoms with Crippen LogP contribution in [0.25, 0.3) is 5.57 Å². The van der Waals surface area contributed by atoms with E-state index in [1.807, 2.05) is 59.4 Å². The summed E-state index contributed by atoms with van der Waals surface area (Å²) in [5.41, 5.74) is 4.88. The molecule has 0 radical (unpaired) electrons. The Labute approximate surface area is 310 Å². The molecule has 2 atom stereocenters. The average molecular weight is 681 g/mol. The predicted octanol–water partition coefficient (Wildman–Crippen LogP) is 16.2. The van der Waals surface area contributed by atoms with E-state index in [9.17, 15) is 0 Å². The zero-order chi connectivity index (χ0) is 38.3. The first-order valence-electron chi connectivity index (χ1n) is 20.6. The molecule has 2 unspecified atom stereocenters. The van der Waals surface area contributed by atoms with Gasteiger partial charge in [-0.05, 0) is 68.9 Å². The van der Waals surface area contributed by atoms with Crippen LogP contribution in [0.4, 0.5) is 0 Å². The van der Waals surface area contributed by atoms with Crippen molar-refractivity contribution in [1.82, 2.24) is 9.55 Å². The molecule has 2 nitrogen and oxygen atoms in total. The van der Waals surface area contributed by atoms with Crippen LogP contribution in [0.1, 0.15) is 190 Å². The number of benzene rings is 1. The Morgan fingerprint density at radius 3 is 1.80 bits per heavy atom. The van der Waals surface area contributed by atoms with Crippen molar-refractivity contribution in [2.24, 2.45) is 24.8 Å². The summed E-state index contributed by atoms with van der Waals surface area (Å²) in [6.07, 6.45) is 31.3. The van der Waals surface area contributed by atoms with Crippen molar-refractivity contribution in [3.05, 3.63) is 84.5 Å². The van der Waals surface area contributed by atoms with E-state index in [-0.39, 0.29) is 0 Å². The van der Waals surface area contributed by atoms with E-state index < -0.39 is 0 Å². The molecule has 0 bridgehead atoms. The summed E-state index contributed by atoms with van der Waals surface area (Å²) in [5, 5.41) is 0. The second-order valence-electron chi connectivity index (χ2n) is 13.0. The van der Waals surface area contributed by atoms with Gasteiger partial charge in [0.25, 0.3) is 0 Å². The zero-order valence-corrected chi connectivity index (χ0v) is 36.0. The van der Waals surface area contributed by atoms with Crippen molar-refractivity contribution in [3.8, 4) is 0 Å². The Kier molecular flexibility index (Phi) is 45.6. The summed E-state index contributed by atoms with van der Waals surface area (Å²) in [6, 6.07) is 8.96. The van der Waals surface area contributed by atoms with Crippen molar-refractivity contribution < 1.29 is 0 Å². The minimum absolute atomic E-state index is 0.737. The Balaban J connectivity index is -0.000000281. The lowest BCUT2D eigenvalue weighted by atomic mass is 9.92. The van der Waals surface area contributed by atoms with Crippen LogP contribution >= 0.6 is 0 Å². The van der Waals surface area contributed by atoms with Gasteiger partial charge < -0.3 is 4.57 Å². The quantitative estimate of drug-likeness (QED) is 0.113. The number of aromatic nitrogens is 2. The first-order chi connectivity index (χ1) is 23.6. The molecule has 0 fully saturated rings. The number of unbranched alkanes of at least 4 members (excludes halogenated alkanes) is 2. The maximum Gasteiger partial charge on any atom is 0.0950 e. The van der Waals surface area contributed by atoms with Crippen molar-refractivity contribution in [2.75, 3.05) is 0 Å². The molecule has 1 aromatic heterocycles. The fourth-order valence-corrected chi connectivity index (χ4v) is 5.33. The first-order valence-corrected chi connectivity index (χ1v) is 20.6. The number of aryl methyl sites for hydroxylation is 3. The van der Waals surface area contributed by atoms with E-state index in [0.29, 0.717) is 0 Å². The smallest absolute Gasteiger partial charge is 0.0950 e. The van der Waals surface area contributed by atoms with E-state index in [1.165, 1.54) is 101 Å². The van der Waals surface area contributed by atoms with Crippen LogP contribution in [-0.2, 0) is 13.5 Å². The SMILES string of the molecule is C/C=C\C=C/C(C)CCC.C=C(C)c1cn(C)cn1.CC.CC.CCCC(CC)CC.CCCCC(CC)CCCCc1cccc(C)c1. The van der Waals surface area contributed by atoms with Gasteiger partial charge in [0.15, 0.2) is 0 Å². The van der Waals surface area contributed by atoms with Crippen LogP contribution in [0.15, 0.2) is 67.7 Å². The molecule has 49 heavy (non-hydrogen) atoms. The molecule has 0 aliphatic rings. The van der Waals surface area contributed by atoms with Gasteiger partial charge in [0, 0.05) is 13.2 Å². The average Bonchev–Trinajstić information content (AvgIpc) is 3.56. The molecule has 0 aliphatic heterocycles. The molecule has 1 aromatic carbocycles. The van der Waals surface area contributed by atoms with Crippen LogP contribution in [-0.4, -0.2) is 9.55 Å². The molecule has 0 saturated heterocycles. The Bertz CT molecular complexity index is 975. The standard InChI is InChI=1S/C18H30.C10H18.C8H18.C7H10N2.2C2H6/c1-4-6-11-17(5-2)12-7-8-13-18-14-9-10-16(3)15-18;1-4-6-7-9-10(3)8-5-2;1-4-7-8(5-2)6-3;1-6(2)7-4-9(3)5-8-7;2*1-2/h9-10,14-15,17H,4-8,11-13H2,1-3H3;4,6-7,9-10H,5,8H2,1-3H3;8H,4-7H2,1-3H3;4-5H,1H2,2-3H3;2*1-2H3/b;6-4-,9-7-;;;;. The lowest BCUT2D eigenvalue weighted by molar-refractivity contribution is 0.404. The number of rotatable bonds is 18. The number of hydrogen-bond acceptors (Lipinski definition) is 1. The molecular formula is C47H88N2. The van der Waals surface area contributed by atoms with Crippen LogP contribution < -0.4 is 0 Å². The Morgan fingerprint density at radius 2 is 1.39 bits per heavy atom. The van der Waals surface area contributed by atoms with Crippen LogP contribution in [0.3, 0.4) is 0 Å². The van der Waals surface area contributed by atoms with Gasteiger partial charge in [0.2, 0.25) is 0 Å². The lowest BCUT2D eigenvalue weighted by Crippen LogP contribution is -1.99. The van der Waals surface area contributed by atoms with Crippen molar-refractivity contribution in [1.29, 1.82) is 0 Å². The highest BCUT2D eigenvalue weighted by Gasteiger charge is 2.05. The molecule has 0 saturated carbocycles. The van der Waals surface area contributed by atoms with Crippen molar-refractivity contribution in [3.63, 3.8) is 0 Å². The maximum atomic E-state index is 4.08. The van der Waals surface area contributed by atoms with Crippen LogP contribution in [0.2, 0.25) is 0 Å². The molecule has 2 heteroatoms. The third-order valence-corrected chi connectivity index (χ3v) is 8.43. The predicted molar refractivity (Wildman–Crippen MR) is 230 cm³/mol. The topological polar surface area (TPSA) is 17.8 Å². The first kappa shape index (κ1) is 53.4. The fourth-order valence-electron chi connectivity index (χ4n) is 5.33. The van der Waals surface area contributed by atoms with Crippen molar-refractivity contribution in [2.45, 2.75) is 187 Å². The van der Waals surface area contributed by atoms with E-state index >= 15 is 0 Å². The minimum Gasteiger partial charge on any atom is -0.340 e. The molecule has 0 amide bonds. The highest BCUT2D eigenvalue weighted by Crippen LogP contribution is 2.20. The van der Waals surface area contributed by atoms with E-state index in [1.54, 1.807) is 6.33 Å². The number of imidazole rings is 1. The second-order valence-corrected chi connectivity index (χ2v) is 13.0. The molecule has 0 spiro atoms. The van der Waals surface area contributed by atoms with E-state index in [0.717, 1.165) is 29.0 Å². The monoisotopic (exact) mass is 681 g/mol. The normalized spacial score (nSPS) is 11.4. The lowest BCUT2D eigenvalue weighted by Gasteiger charge is -2.13. The van der Waals surface area contributed by atoms with Gasteiger partial charge in [-0.3, -0.25) is 0 Å². The number of hydrogen-bond donors (Lipinski definition) is 0. The van der Waals surface area contributed by atoms with Gasteiger partial charge in [0.1, 0.15) is 0 Å². The molecule has 0 N–H and O–H groups in total. The third-order valence-electron chi connectivity index (χ3n) is 8.43. The highest BCUT2D eigenvalue weighted by molar-refractivity contribution is 5.56. The van der Waals surface area contributed by atoms with Gasteiger partial charge in [-0.1, -0.05) is 208 Å². The molecule has 0 aliphatic carbocycles. The number of nitrogens with zero attached hydrogens (tertiary/aromatic N) is 2. The largest absolute Gasteiger partial charge is 0.340 e. The molecule has 2 aromatic rings. The molecule has 1 heterocycles. The molecular weight excluding hydrogens is 593 g/mol. The van der Waals surface area contributed by atoms with Gasteiger partial charge >= 0.3 is 0 Å². The number of allylic oxidation sites excluding steroid dienone is 5. The van der Waals surface area contributed by atoms with Gasteiger partial charge in [-0.2, -0.15) is 0 Å². The van der Waals surface area contributed by atoms with E-state index in [2.05, 4.69) is 116 Å². The van der Waals surface area contributed by atoms with E-state index in [4.69, 9.17) is 0 Å². The fraction of sp³-hybridized carbons (Fsp3) is 0.681. The minimum atomic E-state index is 0.737. The summed E-state index contributed by atoms with van der Waals surface area (Å²) in [7, 11) is 1.94. The summed E-state index contributed by atoms with van der Waals surface area (Å²) in [6.45, 7) is 33.9. The third kappa shape index (κ3) is 36.7. The highest BCUT2D eigenvalue weighted by atomic mass is 15.0. The summed E-state index contributed by atoms with van der Waals surface area (Å²) in [4.78, 5) is 4.08. The van der Waals surface area contributed by atoms with Gasteiger partial charge in [-0.15, -0.1) is 0 Å². The maximum absolute atomic E-state index is 4.08. The van der Waals surface area contributed by atoms with Gasteiger partial charge in [0.05, 0.1) is 12.0 Å². The van der Waals surface area contributed by atoms with Crippen molar-refractivity contribution >= 4 is 5.57 Å².